The Hall–Kier alpha value is -1.99. The molecule has 2 nitrogen and oxygen atoms in total. The molecule has 0 radical (unpaired) electrons. The second-order valence-corrected chi connectivity index (χ2v) is 16.6. The van der Waals surface area contributed by atoms with Gasteiger partial charge in [0.15, 0.2) is 0 Å². The topological polar surface area (TPSA) is 18.5 Å². The lowest BCUT2D eigenvalue weighted by Gasteiger charge is -2.41. The summed E-state index contributed by atoms with van der Waals surface area (Å²) in [4.78, 5) is 0. The Balaban J connectivity index is 3.37. The standard InChI is InChI=1S/C29H44O2Si2/c1-9-20-32(21-10-2,22-11-3)30-27(8)26(7)29(28-18-16-15-17-19-28)31-33(23-12-4,24-13-5)25-14-6/h9-19,26-27,29H,1-6,20-25H2,7-8H3. The van der Waals surface area contributed by atoms with Crippen molar-refractivity contribution in [1.29, 1.82) is 0 Å². The number of hydrogen-bond acceptors (Lipinski definition) is 2. The third kappa shape index (κ3) is 8.71. The van der Waals surface area contributed by atoms with Gasteiger partial charge in [-0.15, -0.1) is 39.5 Å². The zero-order chi connectivity index (χ0) is 24.7. The highest BCUT2D eigenvalue weighted by molar-refractivity contribution is 6.75. The van der Waals surface area contributed by atoms with E-state index in [-0.39, 0.29) is 18.1 Å². The molecule has 0 N–H and O–H groups in total. The minimum Gasteiger partial charge on any atom is -0.413 e. The van der Waals surface area contributed by atoms with Gasteiger partial charge < -0.3 is 8.85 Å². The molecular formula is C29H44O2Si2. The van der Waals surface area contributed by atoms with E-state index in [0.29, 0.717) is 0 Å². The molecule has 3 atom stereocenters. The van der Waals surface area contributed by atoms with Crippen LogP contribution in [0, 0.1) is 5.92 Å². The minimum atomic E-state index is -2.20. The van der Waals surface area contributed by atoms with Crippen molar-refractivity contribution < 1.29 is 8.85 Å². The van der Waals surface area contributed by atoms with Gasteiger partial charge in [0.05, 0.1) is 6.10 Å². The molecule has 0 aliphatic heterocycles. The van der Waals surface area contributed by atoms with Crippen molar-refractivity contribution in [3.63, 3.8) is 0 Å². The molecule has 0 amide bonds. The highest BCUT2D eigenvalue weighted by Crippen LogP contribution is 2.38. The van der Waals surface area contributed by atoms with Crippen LogP contribution in [0.25, 0.3) is 0 Å². The molecule has 0 saturated carbocycles. The normalized spacial score (nSPS) is 14.5. The molecule has 0 bridgehead atoms. The lowest BCUT2D eigenvalue weighted by Crippen LogP contribution is -2.45. The predicted molar refractivity (Wildman–Crippen MR) is 152 cm³/mol. The summed E-state index contributed by atoms with van der Waals surface area (Å²) in [6.07, 6.45) is 11.8. The van der Waals surface area contributed by atoms with E-state index in [2.05, 4.69) is 77.6 Å². The Labute approximate surface area is 205 Å². The maximum atomic E-state index is 7.12. The van der Waals surface area contributed by atoms with Gasteiger partial charge in [-0.2, -0.15) is 0 Å². The van der Waals surface area contributed by atoms with Crippen LogP contribution in [0.2, 0.25) is 36.3 Å². The molecule has 0 fully saturated rings. The van der Waals surface area contributed by atoms with Crippen LogP contribution in [-0.4, -0.2) is 22.7 Å². The van der Waals surface area contributed by atoms with Gasteiger partial charge in [0, 0.05) is 12.0 Å². The molecule has 1 aromatic rings. The van der Waals surface area contributed by atoms with Gasteiger partial charge in [0.2, 0.25) is 16.6 Å². The fraction of sp³-hybridized carbons (Fsp3) is 0.379. The van der Waals surface area contributed by atoms with Crippen LogP contribution >= 0.6 is 0 Å². The first-order valence-corrected chi connectivity index (χ1v) is 17.0. The van der Waals surface area contributed by atoms with Crippen LogP contribution in [0.5, 0.6) is 0 Å². The monoisotopic (exact) mass is 480 g/mol. The lowest BCUT2D eigenvalue weighted by atomic mass is 9.93. The molecule has 0 aliphatic carbocycles. The third-order valence-corrected chi connectivity index (χ3v) is 14.1. The van der Waals surface area contributed by atoms with Gasteiger partial charge >= 0.3 is 0 Å². The zero-order valence-corrected chi connectivity index (χ0v) is 22.9. The summed E-state index contributed by atoms with van der Waals surface area (Å²) < 4.78 is 14.0. The molecule has 0 heterocycles. The van der Waals surface area contributed by atoms with Crippen molar-refractivity contribution in [2.45, 2.75) is 62.3 Å². The van der Waals surface area contributed by atoms with Crippen molar-refractivity contribution in [1.82, 2.24) is 0 Å². The van der Waals surface area contributed by atoms with E-state index < -0.39 is 16.6 Å². The van der Waals surface area contributed by atoms with Crippen LogP contribution in [0.1, 0.15) is 25.5 Å². The second kappa shape index (κ2) is 15.0. The molecule has 0 spiro atoms. The molecular weight excluding hydrogens is 436 g/mol. The summed E-state index contributed by atoms with van der Waals surface area (Å²) in [5.41, 5.74) is 1.18. The van der Waals surface area contributed by atoms with Crippen molar-refractivity contribution >= 4 is 16.6 Å². The van der Waals surface area contributed by atoms with Gasteiger partial charge in [-0.05, 0) is 48.8 Å². The molecule has 0 aliphatic rings. The molecule has 4 heteroatoms. The number of hydrogen-bond donors (Lipinski definition) is 0. The van der Waals surface area contributed by atoms with E-state index in [9.17, 15) is 0 Å². The Morgan fingerprint density at radius 2 is 1.00 bits per heavy atom. The highest BCUT2D eigenvalue weighted by atomic mass is 28.4. The molecule has 1 aromatic carbocycles. The van der Waals surface area contributed by atoms with Crippen molar-refractivity contribution in [2.75, 3.05) is 0 Å². The SMILES string of the molecule is C=CC[Si](CC=C)(CC=C)OC(C)C(C)C(O[Si](CC=C)(CC=C)CC=C)c1ccccc1. The van der Waals surface area contributed by atoms with Crippen molar-refractivity contribution in [3.8, 4) is 0 Å². The second-order valence-electron chi connectivity index (χ2n) is 8.95. The van der Waals surface area contributed by atoms with E-state index in [4.69, 9.17) is 8.85 Å². The van der Waals surface area contributed by atoms with Gasteiger partial charge in [-0.1, -0.05) is 73.7 Å². The van der Waals surface area contributed by atoms with Crippen LogP contribution < -0.4 is 0 Å². The minimum absolute atomic E-state index is 0.00427. The number of allylic oxidation sites excluding steroid dienone is 6. The fourth-order valence-corrected chi connectivity index (χ4v) is 11.1. The molecule has 33 heavy (non-hydrogen) atoms. The van der Waals surface area contributed by atoms with Crippen LogP contribution in [-0.2, 0) is 8.85 Å². The summed E-state index contributed by atoms with van der Waals surface area (Å²) in [6, 6.07) is 15.7. The van der Waals surface area contributed by atoms with E-state index in [1.165, 1.54) is 5.56 Å². The molecule has 3 unspecified atom stereocenters. The third-order valence-electron chi connectivity index (χ3n) is 6.26. The van der Waals surface area contributed by atoms with E-state index in [0.717, 1.165) is 36.3 Å². The molecule has 180 valence electrons. The Kier molecular flexibility index (Phi) is 13.2. The summed E-state index contributed by atoms with van der Waals surface area (Å²) in [5, 5.41) is 0. The van der Waals surface area contributed by atoms with E-state index in [1.54, 1.807) is 0 Å². The highest BCUT2D eigenvalue weighted by Gasteiger charge is 2.40. The Bertz CT molecular complexity index is 718. The maximum Gasteiger partial charge on any atom is 0.204 e. The van der Waals surface area contributed by atoms with Crippen LogP contribution in [0.4, 0.5) is 0 Å². The summed E-state index contributed by atoms with van der Waals surface area (Å²) in [7, 11) is -4.32. The van der Waals surface area contributed by atoms with Gasteiger partial charge in [-0.25, -0.2) is 0 Å². The first kappa shape index (κ1) is 29.0. The average Bonchev–Trinajstić information content (AvgIpc) is 2.79. The zero-order valence-electron chi connectivity index (χ0n) is 20.9. The molecule has 1 rings (SSSR count). The first-order valence-electron chi connectivity index (χ1n) is 11.9. The lowest BCUT2D eigenvalue weighted by molar-refractivity contribution is 0.0476. The summed E-state index contributed by atoms with van der Waals surface area (Å²) in [5.74, 6) is 0.144. The van der Waals surface area contributed by atoms with Gasteiger partial charge in [0.1, 0.15) is 0 Å². The molecule has 0 aromatic heterocycles. The maximum absolute atomic E-state index is 7.12. The Morgan fingerprint density at radius 3 is 1.36 bits per heavy atom. The average molecular weight is 481 g/mol. The quantitative estimate of drug-likeness (QED) is 0.145. The Morgan fingerprint density at radius 1 is 0.636 bits per heavy atom. The molecule has 0 saturated heterocycles. The largest absolute Gasteiger partial charge is 0.413 e. The first-order chi connectivity index (χ1) is 15.9. The smallest absolute Gasteiger partial charge is 0.204 e. The van der Waals surface area contributed by atoms with E-state index >= 15 is 0 Å². The van der Waals surface area contributed by atoms with Crippen LogP contribution in [0.3, 0.4) is 0 Å². The number of benzene rings is 1. The van der Waals surface area contributed by atoms with Gasteiger partial charge in [0.25, 0.3) is 0 Å². The number of rotatable bonds is 19. The van der Waals surface area contributed by atoms with Crippen molar-refractivity contribution in [2.24, 2.45) is 5.92 Å². The van der Waals surface area contributed by atoms with Gasteiger partial charge in [-0.3, -0.25) is 0 Å². The van der Waals surface area contributed by atoms with Crippen LogP contribution in [0.15, 0.2) is 106 Å². The fourth-order valence-electron chi connectivity index (χ4n) is 4.51. The van der Waals surface area contributed by atoms with Crippen molar-refractivity contribution in [3.05, 3.63) is 112 Å². The predicted octanol–water partition coefficient (Wildman–Crippen LogP) is 8.79. The summed E-state index contributed by atoms with van der Waals surface area (Å²) >= 11 is 0. The summed E-state index contributed by atoms with van der Waals surface area (Å²) in [6.45, 7) is 28.5. The van der Waals surface area contributed by atoms with E-state index in [1.807, 2.05) is 42.5 Å².